The topological polar surface area (TPSA) is 9.23 Å². The van der Waals surface area contributed by atoms with E-state index in [1.807, 2.05) is 11.8 Å². The average molecular weight is 204 g/mol. The van der Waals surface area contributed by atoms with E-state index in [2.05, 4.69) is 20.1 Å². The van der Waals surface area contributed by atoms with E-state index in [1.54, 1.807) is 7.11 Å². The van der Waals surface area contributed by atoms with Crippen molar-refractivity contribution >= 4 is 57.1 Å². The third kappa shape index (κ3) is 9.44. The fourth-order valence-electron chi connectivity index (χ4n) is 0.453. The first-order valence-electron chi connectivity index (χ1n) is 3.34. The summed E-state index contributed by atoms with van der Waals surface area (Å²) < 4.78 is 6.24. The molecule has 0 aliphatic carbocycles. The first kappa shape index (κ1) is 15.0. The summed E-state index contributed by atoms with van der Waals surface area (Å²) in [6.07, 6.45) is 2.09. The van der Waals surface area contributed by atoms with Crippen LogP contribution in [0.15, 0.2) is 0 Å². The molecule has 0 unspecified atom stereocenters. The molecule has 0 rings (SSSR count). The molecule has 11 heavy (non-hydrogen) atoms. The van der Waals surface area contributed by atoms with Gasteiger partial charge < -0.3 is 4.74 Å². The monoisotopic (exact) mass is 204 g/mol. The van der Waals surface area contributed by atoms with Crippen LogP contribution < -0.4 is 0 Å². The molecule has 0 radical (unpaired) electrons. The van der Waals surface area contributed by atoms with Gasteiger partial charge in [0, 0.05) is 12.9 Å². The van der Waals surface area contributed by atoms with Crippen molar-refractivity contribution < 1.29 is 4.74 Å². The Kier molecular flexibility index (Phi) is 13.1. The fraction of sp³-hybridized carbons (Fsp3) is 0.857. The third-order valence-corrected chi connectivity index (χ3v) is 3.63. The van der Waals surface area contributed by atoms with Gasteiger partial charge in [-0.05, 0) is 12.2 Å². The SMILES string of the molecule is COC(SCC(C)C)=[SH]C.[NaH]. The van der Waals surface area contributed by atoms with Crippen LogP contribution in [-0.4, -0.2) is 53.1 Å². The van der Waals surface area contributed by atoms with Gasteiger partial charge in [0.15, 0.2) is 0 Å². The van der Waals surface area contributed by atoms with Gasteiger partial charge in [-0.2, -0.15) is 11.4 Å². The van der Waals surface area contributed by atoms with E-state index < -0.39 is 0 Å². The number of rotatable bonds is 2. The predicted octanol–water partition coefficient (Wildman–Crippen LogP) is 1.56. The van der Waals surface area contributed by atoms with Crippen LogP contribution in [0.4, 0.5) is 0 Å². The second kappa shape index (κ2) is 9.62. The van der Waals surface area contributed by atoms with Gasteiger partial charge in [0.2, 0.25) is 0 Å². The molecular weight excluding hydrogens is 187 g/mol. The van der Waals surface area contributed by atoms with Crippen LogP contribution in [0.2, 0.25) is 0 Å². The number of thioether (sulfide) groups is 1. The summed E-state index contributed by atoms with van der Waals surface area (Å²) in [7, 11) is 1.74. The van der Waals surface area contributed by atoms with Gasteiger partial charge in [0.25, 0.3) is 0 Å². The molecule has 0 spiro atoms. The third-order valence-electron chi connectivity index (χ3n) is 0.897. The molecule has 0 heterocycles. The zero-order chi connectivity index (χ0) is 7.98. The number of thiol groups is 1. The summed E-state index contributed by atoms with van der Waals surface area (Å²) in [6, 6.07) is 0. The Morgan fingerprint density at radius 2 is 2.09 bits per heavy atom. The van der Waals surface area contributed by atoms with Crippen LogP contribution in [0, 0.1) is 5.92 Å². The second-order valence-electron chi connectivity index (χ2n) is 2.40. The Morgan fingerprint density at radius 3 is 2.36 bits per heavy atom. The van der Waals surface area contributed by atoms with Gasteiger partial charge in [-0.15, -0.1) is 0 Å². The van der Waals surface area contributed by atoms with Crippen LogP contribution in [0.5, 0.6) is 0 Å². The Labute approximate surface area is 99.9 Å². The number of hydrogen-bond acceptors (Lipinski definition) is 2. The zero-order valence-electron chi connectivity index (χ0n) is 7.05. The van der Waals surface area contributed by atoms with Crippen molar-refractivity contribution in [3.8, 4) is 0 Å². The molecule has 0 saturated heterocycles. The minimum absolute atomic E-state index is 0. The quantitative estimate of drug-likeness (QED) is 0.415. The second-order valence-corrected chi connectivity index (χ2v) is 4.55. The van der Waals surface area contributed by atoms with E-state index >= 15 is 0 Å². The van der Waals surface area contributed by atoms with E-state index in [0.717, 1.165) is 16.1 Å². The predicted molar refractivity (Wildman–Crippen MR) is 61.4 cm³/mol. The summed E-state index contributed by atoms with van der Waals surface area (Å²) >= 11 is 3.05. The van der Waals surface area contributed by atoms with Crippen LogP contribution in [0.1, 0.15) is 13.8 Å². The Bertz CT molecular complexity index is 115. The first-order chi connectivity index (χ1) is 4.70. The summed E-state index contributed by atoms with van der Waals surface area (Å²) in [5, 5.41) is 0. The summed E-state index contributed by atoms with van der Waals surface area (Å²) in [5.41, 5.74) is 0. The van der Waals surface area contributed by atoms with Gasteiger partial charge in [-0.1, -0.05) is 25.6 Å². The van der Waals surface area contributed by atoms with Crippen molar-refractivity contribution in [1.29, 1.82) is 0 Å². The molecule has 64 valence electrons. The normalized spacial score (nSPS) is 12.3. The molecule has 0 fully saturated rings. The van der Waals surface area contributed by atoms with Crippen LogP contribution in [-0.2, 0) is 4.74 Å². The molecule has 0 aromatic rings. The number of ether oxygens (including phenoxy) is 1. The van der Waals surface area contributed by atoms with Gasteiger partial charge in [0.05, 0.1) is 0 Å². The Morgan fingerprint density at radius 1 is 1.55 bits per heavy atom. The van der Waals surface area contributed by atoms with E-state index in [4.69, 9.17) is 4.74 Å². The Balaban J connectivity index is 0. The average Bonchev–Trinajstić information content (AvgIpc) is 1.90. The maximum absolute atomic E-state index is 5.12. The summed E-state index contributed by atoms with van der Waals surface area (Å²) in [5.74, 6) is 1.90. The fourth-order valence-corrected chi connectivity index (χ4v) is 1.97. The van der Waals surface area contributed by atoms with Crippen molar-refractivity contribution in [3.05, 3.63) is 0 Å². The maximum atomic E-state index is 5.12. The molecule has 0 aliphatic heterocycles. The molecule has 1 nitrogen and oxygen atoms in total. The molecule has 0 aromatic heterocycles. The molecule has 0 bridgehead atoms. The van der Waals surface area contributed by atoms with Crippen molar-refractivity contribution in [2.75, 3.05) is 19.1 Å². The van der Waals surface area contributed by atoms with E-state index in [0.29, 0.717) is 0 Å². The molecule has 0 N–H and O–H groups in total. The molecule has 0 aromatic carbocycles. The van der Waals surface area contributed by atoms with Gasteiger partial charge >= 0.3 is 29.6 Å². The number of hydrogen-bond donors (Lipinski definition) is 1. The van der Waals surface area contributed by atoms with Crippen molar-refractivity contribution in [1.82, 2.24) is 0 Å². The van der Waals surface area contributed by atoms with E-state index in [-0.39, 0.29) is 29.6 Å². The van der Waals surface area contributed by atoms with Crippen LogP contribution in [0.3, 0.4) is 0 Å². The Hall–Kier alpha value is 1.53. The molecule has 4 heteroatoms. The van der Waals surface area contributed by atoms with Crippen LogP contribution in [0.25, 0.3) is 0 Å². The van der Waals surface area contributed by atoms with Crippen molar-refractivity contribution in [2.24, 2.45) is 5.92 Å². The number of methoxy groups -OCH3 is 1. The molecule has 0 amide bonds. The summed E-state index contributed by atoms with van der Waals surface area (Å²) in [6.45, 7) is 4.43. The van der Waals surface area contributed by atoms with Gasteiger partial charge in [-0.3, -0.25) is 0 Å². The van der Waals surface area contributed by atoms with Crippen LogP contribution >= 0.6 is 23.1 Å². The van der Waals surface area contributed by atoms with E-state index in [1.165, 1.54) is 11.4 Å². The molecule has 0 aliphatic rings. The molecule has 0 atom stereocenters. The summed E-state index contributed by atoms with van der Waals surface area (Å²) in [4.78, 5) is 0. The van der Waals surface area contributed by atoms with Gasteiger partial charge in [-0.25, -0.2) is 0 Å². The first-order valence-corrected chi connectivity index (χ1v) is 5.67. The van der Waals surface area contributed by atoms with E-state index in [9.17, 15) is 0 Å². The standard InChI is InChI=1S/C7H16OS2.Na.H/c1-6(2)5-10-7(8-3)9-4;;/h6,9H,5H2,1-4H3;;. The minimum atomic E-state index is 0. The van der Waals surface area contributed by atoms with Gasteiger partial charge in [0.1, 0.15) is 4.38 Å². The molecular formula is C7H17NaOS2. The van der Waals surface area contributed by atoms with Crippen molar-refractivity contribution in [2.45, 2.75) is 13.8 Å². The van der Waals surface area contributed by atoms with Crippen molar-refractivity contribution in [3.63, 3.8) is 0 Å². The molecule has 0 saturated carbocycles. The zero-order valence-corrected chi connectivity index (χ0v) is 8.76.